The van der Waals surface area contributed by atoms with Crippen molar-refractivity contribution in [3.8, 4) is 11.5 Å². The molecule has 1 saturated carbocycles. The lowest BCUT2D eigenvalue weighted by Gasteiger charge is -2.72. The summed E-state index contributed by atoms with van der Waals surface area (Å²) in [6.45, 7) is 0.970. The van der Waals surface area contributed by atoms with Gasteiger partial charge in [-0.15, -0.1) is 0 Å². The van der Waals surface area contributed by atoms with Crippen molar-refractivity contribution in [2.75, 3.05) is 27.8 Å². The first kappa shape index (κ1) is 20.5. The number of benzene rings is 2. The third-order valence-electron chi connectivity index (χ3n) is 9.73. The third-order valence-corrected chi connectivity index (χ3v) is 9.73. The Balaban J connectivity index is 1.56. The fraction of sp³-hybridized carbons (Fsp3) is 0.481. The summed E-state index contributed by atoms with van der Waals surface area (Å²) in [5.74, 6) is 1.70. The second-order valence-electron chi connectivity index (χ2n) is 10.6. The first-order valence-electron chi connectivity index (χ1n) is 12.0. The zero-order valence-corrected chi connectivity index (χ0v) is 19.6. The lowest BCUT2D eigenvalue weighted by molar-refractivity contribution is -0.385. The summed E-state index contributed by atoms with van der Waals surface area (Å²) in [4.78, 5) is 13.9. The molecule has 2 fully saturated rings. The van der Waals surface area contributed by atoms with Gasteiger partial charge >= 0.3 is 0 Å². The number of rotatable bonds is 4. The number of fused-ring (bicyclic) bond motifs is 1. The summed E-state index contributed by atoms with van der Waals surface area (Å²) in [7, 11) is 5.68. The minimum Gasteiger partial charge on any atom is -0.493 e. The Morgan fingerprint density at radius 1 is 1.21 bits per heavy atom. The Morgan fingerprint density at radius 2 is 2.06 bits per heavy atom. The Morgan fingerprint density at radius 3 is 2.82 bits per heavy atom. The van der Waals surface area contributed by atoms with Gasteiger partial charge in [-0.3, -0.25) is 10.1 Å². The molecule has 8 rings (SSSR count). The molecule has 2 aromatic carbocycles. The highest BCUT2D eigenvalue weighted by molar-refractivity contribution is 5.66. The second kappa shape index (κ2) is 6.40. The average Bonchev–Trinajstić information content (AvgIpc) is 3.23. The quantitative estimate of drug-likeness (QED) is 0.390. The number of likely N-dealkylation sites (tertiary alicyclic amines) is 1. The molecule has 7 nitrogen and oxygen atoms in total. The molecule has 6 atom stereocenters. The van der Waals surface area contributed by atoms with Crippen molar-refractivity contribution in [1.29, 1.82) is 0 Å². The van der Waals surface area contributed by atoms with Crippen molar-refractivity contribution >= 4 is 5.69 Å². The Hall–Kier alpha value is -2.90. The first-order valence-corrected chi connectivity index (χ1v) is 12.0. The van der Waals surface area contributed by atoms with Gasteiger partial charge in [-0.2, -0.15) is 0 Å². The van der Waals surface area contributed by atoms with Gasteiger partial charge in [0, 0.05) is 36.3 Å². The molecule has 4 aliphatic carbocycles. The van der Waals surface area contributed by atoms with E-state index >= 15 is 0 Å². The zero-order chi connectivity index (χ0) is 23.5. The lowest BCUT2D eigenvalue weighted by Crippen LogP contribution is -2.78. The van der Waals surface area contributed by atoms with Crippen LogP contribution in [0.25, 0.3) is 0 Å². The van der Waals surface area contributed by atoms with Gasteiger partial charge in [0.2, 0.25) is 0 Å². The summed E-state index contributed by atoms with van der Waals surface area (Å²) in [5, 5.41) is 11.7. The van der Waals surface area contributed by atoms with E-state index in [0.29, 0.717) is 0 Å². The van der Waals surface area contributed by atoms with Crippen LogP contribution in [0.4, 0.5) is 5.69 Å². The minimum absolute atomic E-state index is 0.0650. The van der Waals surface area contributed by atoms with Crippen LogP contribution in [0.5, 0.6) is 11.5 Å². The van der Waals surface area contributed by atoms with Gasteiger partial charge < -0.3 is 19.1 Å². The van der Waals surface area contributed by atoms with Gasteiger partial charge in [0.05, 0.1) is 17.4 Å². The van der Waals surface area contributed by atoms with Crippen molar-refractivity contribution in [2.24, 2.45) is 5.41 Å². The standard InChI is InChI=1S/C27H28N2O5/c1-28-12-11-27-22-17-7-8-20(32-2)23(22)34-24(27)25(33-3)9-10-26(27,21(28)14-17)19(15-25)16-5-4-6-18(13-16)29(30)31/h4-10,13,19,21,24H,11-12,14-15H2,1-3H3/t19-,21+,24-,25-,26+,27-/m0/s1. The zero-order valence-electron chi connectivity index (χ0n) is 19.6. The number of methoxy groups -OCH3 is 2. The van der Waals surface area contributed by atoms with Crippen molar-refractivity contribution in [2.45, 2.75) is 48.3 Å². The number of non-ortho nitro benzene ring substituents is 1. The summed E-state index contributed by atoms with van der Waals surface area (Å²) < 4.78 is 19.0. The monoisotopic (exact) mass is 460 g/mol. The molecule has 6 aliphatic rings. The summed E-state index contributed by atoms with van der Waals surface area (Å²) in [5.41, 5.74) is 2.60. The number of likely N-dealkylation sites (N-methyl/N-ethyl adjacent to an activating group) is 1. The largest absolute Gasteiger partial charge is 0.493 e. The van der Waals surface area contributed by atoms with Crippen molar-refractivity contribution in [3.05, 3.63) is 75.4 Å². The molecular formula is C27H28N2O5. The summed E-state index contributed by atoms with van der Waals surface area (Å²) in [6, 6.07) is 11.7. The van der Waals surface area contributed by atoms with E-state index in [1.54, 1.807) is 26.4 Å². The van der Waals surface area contributed by atoms with E-state index in [-0.39, 0.29) is 39.5 Å². The van der Waals surface area contributed by atoms with Crippen LogP contribution in [0.2, 0.25) is 0 Å². The predicted octanol–water partition coefficient (Wildman–Crippen LogP) is 3.99. The first-order chi connectivity index (χ1) is 16.4. The number of nitro benzene ring substituents is 1. The van der Waals surface area contributed by atoms with Crippen LogP contribution in [-0.2, 0) is 16.6 Å². The molecule has 1 saturated heterocycles. The maximum absolute atomic E-state index is 11.7. The van der Waals surface area contributed by atoms with E-state index in [0.717, 1.165) is 42.9 Å². The van der Waals surface area contributed by atoms with Gasteiger partial charge in [0.1, 0.15) is 11.7 Å². The van der Waals surface area contributed by atoms with E-state index in [4.69, 9.17) is 14.2 Å². The van der Waals surface area contributed by atoms with Crippen LogP contribution < -0.4 is 9.47 Å². The Bertz CT molecular complexity index is 1280. The molecule has 2 aliphatic heterocycles. The number of nitrogens with zero attached hydrogens (tertiary/aromatic N) is 2. The third kappa shape index (κ3) is 2.04. The average molecular weight is 461 g/mol. The highest BCUT2D eigenvalue weighted by Gasteiger charge is 2.79. The Labute approximate surface area is 198 Å². The highest BCUT2D eigenvalue weighted by Crippen LogP contribution is 2.76. The smallest absolute Gasteiger partial charge is 0.269 e. The molecular weight excluding hydrogens is 432 g/mol. The van der Waals surface area contributed by atoms with Gasteiger partial charge in [0.15, 0.2) is 11.5 Å². The van der Waals surface area contributed by atoms with E-state index in [9.17, 15) is 10.1 Å². The van der Waals surface area contributed by atoms with Gasteiger partial charge in [-0.25, -0.2) is 0 Å². The normalized spacial score (nSPS) is 38.4. The van der Waals surface area contributed by atoms with E-state index in [1.165, 1.54) is 11.1 Å². The van der Waals surface area contributed by atoms with E-state index < -0.39 is 5.60 Å². The number of hydrogen-bond donors (Lipinski definition) is 0. The highest BCUT2D eigenvalue weighted by atomic mass is 16.6. The van der Waals surface area contributed by atoms with Crippen molar-refractivity contribution in [1.82, 2.24) is 4.90 Å². The minimum atomic E-state index is -0.615. The predicted molar refractivity (Wildman–Crippen MR) is 126 cm³/mol. The molecule has 176 valence electrons. The van der Waals surface area contributed by atoms with Crippen molar-refractivity contribution in [3.63, 3.8) is 0 Å². The van der Waals surface area contributed by atoms with Crippen LogP contribution in [0.1, 0.15) is 35.4 Å². The van der Waals surface area contributed by atoms with Crippen LogP contribution >= 0.6 is 0 Å². The molecule has 34 heavy (non-hydrogen) atoms. The molecule has 0 N–H and O–H groups in total. The summed E-state index contributed by atoms with van der Waals surface area (Å²) in [6.07, 6.45) is 7.06. The van der Waals surface area contributed by atoms with E-state index in [1.807, 2.05) is 12.1 Å². The molecule has 2 aromatic rings. The number of piperidine rings is 1. The van der Waals surface area contributed by atoms with Crippen LogP contribution in [0.3, 0.4) is 0 Å². The number of nitro groups is 1. The van der Waals surface area contributed by atoms with Gasteiger partial charge in [-0.1, -0.05) is 30.4 Å². The topological polar surface area (TPSA) is 74.1 Å². The second-order valence-corrected chi connectivity index (χ2v) is 10.6. The Kier molecular flexibility index (Phi) is 3.85. The van der Waals surface area contributed by atoms with Gasteiger partial charge in [0.25, 0.3) is 5.69 Å². The molecule has 0 radical (unpaired) electrons. The summed E-state index contributed by atoms with van der Waals surface area (Å²) >= 11 is 0. The maximum Gasteiger partial charge on any atom is 0.269 e. The van der Waals surface area contributed by atoms with E-state index in [2.05, 4.69) is 36.2 Å². The SMILES string of the molecule is COc1ccc2c3c1O[C@@H]1[C@]34CCN(C)[C@H](C2)[C@]42C=C[C@]1(OC)C[C@H]2c1cccc([N+](=O)[O-])c1. The molecule has 0 unspecified atom stereocenters. The molecule has 4 bridgehead atoms. The van der Waals surface area contributed by atoms with Crippen LogP contribution in [0.15, 0.2) is 48.6 Å². The fourth-order valence-corrected chi connectivity index (χ4v) is 8.48. The molecule has 2 heterocycles. The maximum atomic E-state index is 11.7. The van der Waals surface area contributed by atoms with Crippen LogP contribution in [0, 0.1) is 15.5 Å². The lowest BCUT2D eigenvalue weighted by atomic mass is 9.35. The molecule has 7 heteroatoms. The molecule has 0 aromatic heterocycles. The molecule has 2 spiro atoms. The van der Waals surface area contributed by atoms with Crippen LogP contribution in [-0.4, -0.2) is 55.4 Å². The van der Waals surface area contributed by atoms with Gasteiger partial charge in [-0.05, 0) is 56.0 Å². The van der Waals surface area contributed by atoms with Crippen molar-refractivity contribution < 1.29 is 19.1 Å². The number of ether oxygens (including phenoxy) is 3. The number of hydrogen-bond acceptors (Lipinski definition) is 6. The molecule has 0 amide bonds. The fourth-order valence-electron chi connectivity index (χ4n) is 8.48.